The molecule has 0 saturated carbocycles. The summed E-state index contributed by atoms with van der Waals surface area (Å²) >= 11 is 0. The van der Waals surface area contributed by atoms with Crippen LogP contribution in [-0.4, -0.2) is 33.0 Å². The van der Waals surface area contributed by atoms with Gasteiger partial charge in [-0.2, -0.15) is 13.2 Å². The second-order valence-electron chi connectivity index (χ2n) is 5.50. The number of halogens is 3. The molecular weight excluding hydrogens is 389 g/mol. The molecule has 27 heavy (non-hydrogen) atoms. The monoisotopic (exact) mass is 400 g/mol. The number of alkyl halides is 3. The maximum Gasteiger partial charge on any atom is 0.422 e. The number of hydrogen-bond donors (Lipinski definition) is 2. The molecule has 0 unspecified atom stereocenters. The Labute approximate surface area is 151 Å². The number of amides is 2. The molecule has 1 heterocycles. The Balaban J connectivity index is 1.89. The highest BCUT2D eigenvalue weighted by Crippen LogP contribution is 2.29. The topological polar surface area (TPSA) is 102 Å². The van der Waals surface area contributed by atoms with Crippen molar-refractivity contribution in [3.63, 3.8) is 0 Å². The smallest absolute Gasteiger partial charge is 0.422 e. The standard InChI is InChI=1S/C16H11F3N2O5S/c17-16(18,19)8-26-13-4-2-1-3-12(13)21-27(24,25)9-5-6-10-11(7-9)15(23)20-14(10)22/h1-7,21H,8H2,(H,20,22,23). The lowest BCUT2D eigenvalue weighted by Crippen LogP contribution is -2.20. The fourth-order valence-electron chi connectivity index (χ4n) is 2.35. The molecule has 0 fully saturated rings. The van der Waals surface area contributed by atoms with Gasteiger partial charge in [0.2, 0.25) is 0 Å². The molecule has 3 rings (SSSR count). The number of rotatable bonds is 5. The predicted octanol–water partition coefficient (Wildman–Crippen LogP) is 2.31. The first kappa shape index (κ1) is 18.7. The van der Waals surface area contributed by atoms with Crippen LogP contribution in [-0.2, 0) is 10.0 Å². The molecule has 1 aliphatic rings. The van der Waals surface area contributed by atoms with E-state index in [-0.39, 0.29) is 27.5 Å². The van der Waals surface area contributed by atoms with Gasteiger partial charge in [0.15, 0.2) is 6.61 Å². The molecule has 2 amide bonds. The molecule has 0 aromatic heterocycles. The zero-order chi connectivity index (χ0) is 19.8. The maximum absolute atomic E-state index is 12.5. The van der Waals surface area contributed by atoms with Gasteiger partial charge in [0.25, 0.3) is 21.8 Å². The van der Waals surface area contributed by atoms with Crippen molar-refractivity contribution >= 4 is 27.5 Å². The van der Waals surface area contributed by atoms with Crippen LogP contribution in [0.1, 0.15) is 20.7 Å². The first-order valence-corrected chi connectivity index (χ1v) is 8.86. The van der Waals surface area contributed by atoms with Crippen LogP contribution in [0.4, 0.5) is 18.9 Å². The first-order valence-electron chi connectivity index (χ1n) is 7.38. The van der Waals surface area contributed by atoms with E-state index in [9.17, 15) is 31.2 Å². The number of hydrogen-bond acceptors (Lipinski definition) is 5. The van der Waals surface area contributed by atoms with Gasteiger partial charge in [-0.1, -0.05) is 12.1 Å². The number of imide groups is 1. The number of benzene rings is 2. The van der Waals surface area contributed by atoms with Crippen molar-refractivity contribution in [3.05, 3.63) is 53.6 Å². The second kappa shape index (κ2) is 6.58. The average molecular weight is 400 g/mol. The van der Waals surface area contributed by atoms with Crippen LogP contribution >= 0.6 is 0 Å². The zero-order valence-electron chi connectivity index (χ0n) is 13.3. The third-order valence-electron chi connectivity index (χ3n) is 3.54. The SMILES string of the molecule is O=C1NC(=O)c2cc(S(=O)(=O)Nc3ccccc3OCC(F)(F)F)ccc21. The van der Waals surface area contributed by atoms with E-state index in [2.05, 4.69) is 9.46 Å². The maximum atomic E-state index is 12.5. The highest BCUT2D eigenvalue weighted by molar-refractivity contribution is 7.92. The van der Waals surface area contributed by atoms with Crippen molar-refractivity contribution in [3.8, 4) is 5.75 Å². The van der Waals surface area contributed by atoms with Gasteiger partial charge in [-0.25, -0.2) is 8.42 Å². The average Bonchev–Trinajstić information content (AvgIpc) is 2.87. The molecule has 2 N–H and O–H groups in total. The number of para-hydroxylation sites is 2. The lowest BCUT2D eigenvalue weighted by atomic mass is 10.1. The molecule has 0 radical (unpaired) electrons. The summed E-state index contributed by atoms with van der Waals surface area (Å²) in [6.07, 6.45) is -4.59. The molecule has 0 bridgehead atoms. The van der Waals surface area contributed by atoms with Crippen molar-refractivity contribution in [1.29, 1.82) is 0 Å². The number of ether oxygens (including phenoxy) is 1. The van der Waals surface area contributed by atoms with E-state index >= 15 is 0 Å². The summed E-state index contributed by atoms with van der Waals surface area (Å²) in [6, 6.07) is 8.50. The van der Waals surface area contributed by atoms with Crippen molar-refractivity contribution in [2.75, 3.05) is 11.3 Å². The van der Waals surface area contributed by atoms with E-state index in [1.807, 2.05) is 5.32 Å². The quantitative estimate of drug-likeness (QED) is 0.750. The molecule has 0 saturated heterocycles. The van der Waals surface area contributed by atoms with E-state index in [1.54, 1.807) is 0 Å². The lowest BCUT2D eigenvalue weighted by molar-refractivity contribution is -0.153. The van der Waals surface area contributed by atoms with Gasteiger partial charge in [-0.15, -0.1) is 0 Å². The number of carbonyl (C=O) groups is 2. The number of anilines is 1. The normalized spacial score (nSPS) is 13.9. The summed E-state index contributed by atoms with van der Waals surface area (Å²) in [7, 11) is -4.25. The Morgan fingerprint density at radius 2 is 1.67 bits per heavy atom. The minimum atomic E-state index is -4.59. The third-order valence-corrected chi connectivity index (χ3v) is 4.90. The van der Waals surface area contributed by atoms with Crippen LogP contribution in [0.3, 0.4) is 0 Å². The molecule has 0 aliphatic carbocycles. The summed E-state index contributed by atoms with van der Waals surface area (Å²) in [6.45, 7) is -1.59. The molecule has 11 heteroatoms. The summed E-state index contributed by atoms with van der Waals surface area (Å²) in [5, 5.41) is 2.03. The predicted molar refractivity (Wildman–Crippen MR) is 87.0 cm³/mol. The van der Waals surface area contributed by atoms with E-state index in [1.165, 1.54) is 30.3 Å². The van der Waals surface area contributed by atoms with Crippen LogP contribution in [0.5, 0.6) is 5.75 Å². The largest absolute Gasteiger partial charge is 0.482 e. The molecule has 1 aliphatic heterocycles. The van der Waals surface area contributed by atoms with Crippen LogP contribution in [0.25, 0.3) is 0 Å². The van der Waals surface area contributed by atoms with Crippen LogP contribution in [0, 0.1) is 0 Å². The van der Waals surface area contributed by atoms with Gasteiger partial charge in [-0.05, 0) is 30.3 Å². The lowest BCUT2D eigenvalue weighted by Gasteiger charge is -2.14. The minimum Gasteiger partial charge on any atom is -0.482 e. The fraction of sp³-hybridized carbons (Fsp3) is 0.125. The van der Waals surface area contributed by atoms with E-state index in [0.29, 0.717) is 0 Å². The number of nitrogens with one attached hydrogen (secondary N) is 2. The van der Waals surface area contributed by atoms with Gasteiger partial charge < -0.3 is 4.74 Å². The Kier molecular flexibility index (Phi) is 4.56. The number of carbonyl (C=O) groups excluding carboxylic acids is 2. The molecule has 2 aromatic carbocycles. The second-order valence-corrected chi connectivity index (χ2v) is 7.18. The van der Waals surface area contributed by atoms with Gasteiger partial charge in [0, 0.05) is 0 Å². The summed E-state index contributed by atoms with van der Waals surface area (Å²) in [5.74, 6) is -1.69. The Morgan fingerprint density at radius 3 is 2.37 bits per heavy atom. The van der Waals surface area contributed by atoms with Crippen molar-refractivity contribution in [2.24, 2.45) is 0 Å². The molecule has 7 nitrogen and oxygen atoms in total. The first-order chi connectivity index (χ1) is 12.6. The molecular formula is C16H11F3N2O5S. The van der Waals surface area contributed by atoms with Crippen molar-refractivity contribution in [1.82, 2.24) is 5.32 Å². The Hall–Kier alpha value is -3.08. The Morgan fingerprint density at radius 1 is 1.00 bits per heavy atom. The van der Waals surface area contributed by atoms with E-state index in [0.717, 1.165) is 12.1 Å². The molecule has 142 valence electrons. The van der Waals surface area contributed by atoms with Crippen LogP contribution in [0.2, 0.25) is 0 Å². The molecule has 2 aromatic rings. The number of fused-ring (bicyclic) bond motifs is 1. The summed E-state index contributed by atoms with van der Waals surface area (Å²) in [4.78, 5) is 22.9. The van der Waals surface area contributed by atoms with Crippen LogP contribution in [0.15, 0.2) is 47.4 Å². The van der Waals surface area contributed by atoms with E-state index in [4.69, 9.17) is 0 Å². The fourth-order valence-corrected chi connectivity index (χ4v) is 3.45. The third kappa shape index (κ3) is 4.03. The molecule has 0 atom stereocenters. The van der Waals surface area contributed by atoms with Crippen LogP contribution < -0.4 is 14.8 Å². The summed E-state index contributed by atoms with van der Waals surface area (Å²) in [5.41, 5.74) is -0.278. The summed E-state index contributed by atoms with van der Waals surface area (Å²) < 4.78 is 68.8. The van der Waals surface area contributed by atoms with Gasteiger partial charge in [-0.3, -0.25) is 19.6 Å². The Bertz CT molecular complexity index is 1030. The molecule has 0 spiro atoms. The van der Waals surface area contributed by atoms with Crippen molar-refractivity contribution in [2.45, 2.75) is 11.1 Å². The van der Waals surface area contributed by atoms with Gasteiger partial charge in [0.1, 0.15) is 5.75 Å². The van der Waals surface area contributed by atoms with E-state index < -0.39 is 34.6 Å². The van der Waals surface area contributed by atoms with Crippen molar-refractivity contribution < 1.29 is 35.9 Å². The van der Waals surface area contributed by atoms with Gasteiger partial charge in [0.05, 0.1) is 21.7 Å². The van der Waals surface area contributed by atoms with Gasteiger partial charge >= 0.3 is 6.18 Å². The highest BCUT2D eigenvalue weighted by atomic mass is 32.2. The zero-order valence-corrected chi connectivity index (χ0v) is 14.1. The highest BCUT2D eigenvalue weighted by Gasteiger charge is 2.30. The number of sulfonamides is 1. The minimum absolute atomic E-state index is 0.0351.